The highest BCUT2D eigenvalue weighted by atomic mass is 16.5. The van der Waals surface area contributed by atoms with Crippen molar-refractivity contribution in [3.05, 3.63) is 30.2 Å². The zero-order valence-electron chi connectivity index (χ0n) is 13.2. The molecule has 1 aliphatic carbocycles. The average Bonchev–Trinajstić information content (AvgIpc) is 3.07. The summed E-state index contributed by atoms with van der Waals surface area (Å²) in [6.45, 7) is 3.09. The molecule has 1 aliphatic heterocycles. The van der Waals surface area contributed by atoms with Gasteiger partial charge in [0, 0.05) is 37.3 Å². The normalized spacial score (nSPS) is 24.0. The van der Waals surface area contributed by atoms with Crippen LogP contribution in [0.25, 0.3) is 0 Å². The molecule has 4 rings (SSSR count). The smallest absolute Gasteiger partial charge is 0.229 e. The SMILES string of the molecule is O[C@@H](CN1CCC[C@H](c2noc(C3CC3)n2)C1)Cn1cccn1. The first-order valence-electron chi connectivity index (χ1n) is 8.49. The fraction of sp³-hybridized carbons (Fsp3) is 0.688. The zero-order chi connectivity index (χ0) is 15.6. The van der Waals surface area contributed by atoms with Crippen molar-refractivity contribution >= 4 is 0 Å². The predicted molar refractivity (Wildman–Crippen MR) is 82.9 cm³/mol. The van der Waals surface area contributed by atoms with Crippen molar-refractivity contribution in [2.24, 2.45) is 0 Å². The molecule has 2 atom stereocenters. The van der Waals surface area contributed by atoms with Gasteiger partial charge in [-0.15, -0.1) is 0 Å². The van der Waals surface area contributed by atoms with Crippen LogP contribution < -0.4 is 0 Å². The van der Waals surface area contributed by atoms with Crippen molar-refractivity contribution in [2.45, 2.75) is 50.2 Å². The number of nitrogens with zero attached hydrogens (tertiary/aromatic N) is 5. The van der Waals surface area contributed by atoms with Crippen LogP contribution in [0, 0.1) is 0 Å². The Hall–Kier alpha value is -1.73. The van der Waals surface area contributed by atoms with E-state index in [4.69, 9.17) is 4.52 Å². The molecule has 0 radical (unpaired) electrons. The van der Waals surface area contributed by atoms with Gasteiger partial charge >= 0.3 is 0 Å². The maximum atomic E-state index is 10.3. The number of likely N-dealkylation sites (tertiary alicyclic amines) is 1. The van der Waals surface area contributed by atoms with Gasteiger partial charge in [-0.25, -0.2) is 0 Å². The minimum Gasteiger partial charge on any atom is -0.390 e. The molecule has 3 heterocycles. The molecule has 23 heavy (non-hydrogen) atoms. The average molecular weight is 317 g/mol. The Kier molecular flexibility index (Phi) is 4.13. The predicted octanol–water partition coefficient (Wildman–Crippen LogP) is 1.38. The first kappa shape index (κ1) is 14.8. The summed E-state index contributed by atoms with van der Waals surface area (Å²) >= 11 is 0. The molecule has 0 spiro atoms. The molecule has 7 nitrogen and oxygen atoms in total. The summed E-state index contributed by atoms with van der Waals surface area (Å²) in [5.41, 5.74) is 0. The molecule has 2 aromatic rings. The first-order valence-corrected chi connectivity index (χ1v) is 8.49. The van der Waals surface area contributed by atoms with E-state index in [0.29, 0.717) is 24.9 Å². The molecule has 1 N–H and O–H groups in total. The van der Waals surface area contributed by atoms with E-state index in [1.807, 2.05) is 12.3 Å². The topological polar surface area (TPSA) is 80.2 Å². The third-order valence-electron chi connectivity index (χ3n) is 4.68. The van der Waals surface area contributed by atoms with E-state index in [9.17, 15) is 5.11 Å². The Morgan fingerprint density at radius 1 is 1.26 bits per heavy atom. The third-order valence-corrected chi connectivity index (χ3v) is 4.68. The van der Waals surface area contributed by atoms with Crippen molar-refractivity contribution in [1.29, 1.82) is 0 Å². The number of aliphatic hydroxyl groups is 1. The van der Waals surface area contributed by atoms with Crippen LogP contribution >= 0.6 is 0 Å². The van der Waals surface area contributed by atoms with Gasteiger partial charge < -0.3 is 9.63 Å². The number of hydrogen-bond acceptors (Lipinski definition) is 6. The van der Waals surface area contributed by atoms with Crippen LogP contribution in [0.3, 0.4) is 0 Å². The van der Waals surface area contributed by atoms with Gasteiger partial charge in [-0.3, -0.25) is 9.58 Å². The van der Waals surface area contributed by atoms with Gasteiger partial charge in [0.2, 0.25) is 5.89 Å². The van der Waals surface area contributed by atoms with Gasteiger partial charge in [0.1, 0.15) is 0 Å². The fourth-order valence-electron chi connectivity index (χ4n) is 3.32. The van der Waals surface area contributed by atoms with Crippen LogP contribution in [0.15, 0.2) is 23.0 Å². The van der Waals surface area contributed by atoms with Gasteiger partial charge in [0.05, 0.1) is 12.6 Å². The number of aromatic nitrogens is 4. The lowest BCUT2D eigenvalue weighted by Crippen LogP contribution is -2.41. The Balaban J connectivity index is 1.32. The lowest BCUT2D eigenvalue weighted by atomic mass is 9.97. The molecule has 0 unspecified atom stereocenters. The molecular formula is C16H23N5O2. The molecule has 0 aromatic carbocycles. The van der Waals surface area contributed by atoms with E-state index in [1.54, 1.807) is 10.9 Å². The second-order valence-corrected chi connectivity index (χ2v) is 6.75. The van der Waals surface area contributed by atoms with E-state index in [2.05, 4.69) is 20.1 Å². The maximum Gasteiger partial charge on any atom is 0.229 e. The van der Waals surface area contributed by atoms with Crippen molar-refractivity contribution in [3.63, 3.8) is 0 Å². The summed E-state index contributed by atoms with van der Waals surface area (Å²) in [7, 11) is 0. The van der Waals surface area contributed by atoms with Crippen LogP contribution in [-0.2, 0) is 6.54 Å². The van der Waals surface area contributed by atoms with Crippen LogP contribution in [0.4, 0.5) is 0 Å². The summed E-state index contributed by atoms with van der Waals surface area (Å²) in [5.74, 6) is 2.48. The standard InChI is InChI=1S/C16H23N5O2/c22-14(11-21-8-2-6-17-21)10-20-7-1-3-13(9-20)15-18-16(23-19-15)12-4-5-12/h2,6,8,12-14,22H,1,3-5,7,9-11H2/t13-,14-/m0/s1. The second kappa shape index (κ2) is 6.41. The fourth-order valence-corrected chi connectivity index (χ4v) is 3.32. The van der Waals surface area contributed by atoms with Crippen LogP contribution in [0.2, 0.25) is 0 Å². The van der Waals surface area contributed by atoms with E-state index >= 15 is 0 Å². The zero-order valence-corrected chi connectivity index (χ0v) is 13.2. The number of hydrogen-bond donors (Lipinski definition) is 1. The molecule has 1 saturated heterocycles. The second-order valence-electron chi connectivity index (χ2n) is 6.75. The van der Waals surface area contributed by atoms with E-state index in [-0.39, 0.29) is 0 Å². The number of β-amino-alcohol motifs (C(OH)–C–C–N with tert-alkyl or cyclic N) is 1. The first-order chi connectivity index (χ1) is 11.3. The Morgan fingerprint density at radius 3 is 2.96 bits per heavy atom. The van der Waals surface area contributed by atoms with Crippen molar-refractivity contribution in [1.82, 2.24) is 24.8 Å². The summed E-state index contributed by atoms with van der Waals surface area (Å²) in [4.78, 5) is 6.89. The van der Waals surface area contributed by atoms with E-state index in [1.165, 1.54) is 12.8 Å². The van der Waals surface area contributed by atoms with Gasteiger partial charge in [0.15, 0.2) is 5.82 Å². The molecule has 2 fully saturated rings. The van der Waals surface area contributed by atoms with Crippen LogP contribution in [0.1, 0.15) is 49.2 Å². The molecule has 2 aliphatic rings. The summed E-state index contributed by atoms with van der Waals surface area (Å²) in [6.07, 6.45) is 7.75. The van der Waals surface area contributed by atoms with E-state index in [0.717, 1.165) is 37.6 Å². The van der Waals surface area contributed by atoms with Crippen molar-refractivity contribution < 1.29 is 9.63 Å². The largest absolute Gasteiger partial charge is 0.390 e. The lowest BCUT2D eigenvalue weighted by molar-refractivity contribution is 0.0798. The minimum absolute atomic E-state index is 0.317. The molecule has 0 bridgehead atoms. The highest BCUT2D eigenvalue weighted by Gasteiger charge is 2.32. The highest BCUT2D eigenvalue weighted by Crippen LogP contribution is 2.39. The van der Waals surface area contributed by atoms with Crippen molar-refractivity contribution in [2.75, 3.05) is 19.6 Å². The van der Waals surface area contributed by atoms with Crippen molar-refractivity contribution in [3.8, 4) is 0 Å². The van der Waals surface area contributed by atoms with Gasteiger partial charge in [-0.1, -0.05) is 5.16 Å². The lowest BCUT2D eigenvalue weighted by Gasteiger charge is -2.32. The molecule has 0 amide bonds. The van der Waals surface area contributed by atoms with Crippen LogP contribution in [0.5, 0.6) is 0 Å². The minimum atomic E-state index is -0.416. The Labute approximate surface area is 135 Å². The molecule has 1 saturated carbocycles. The monoisotopic (exact) mass is 317 g/mol. The third kappa shape index (κ3) is 3.61. The quantitative estimate of drug-likeness (QED) is 0.867. The van der Waals surface area contributed by atoms with Crippen LogP contribution in [-0.4, -0.2) is 55.7 Å². The molecule has 124 valence electrons. The van der Waals surface area contributed by atoms with Gasteiger partial charge in [-0.2, -0.15) is 10.1 Å². The van der Waals surface area contributed by atoms with Gasteiger partial charge in [-0.05, 0) is 38.3 Å². The number of rotatable bonds is 6. The highest BCUT2D eigenvalue weighted by molar-refractivity contribution is 5.05. The summed E-state index contributed by atoms with van der Waals surface area (Å²) in [5, 5.41) is 18.6. The number of aliphatic hydroxyl groups excluding tert-OH is 1. The van der Waals surface area contributed by atoms with E-state index < -0.39 is 6.10 Å². The Bertz CT molecular complexity index is 622. The summed E-state index contributed by atoms with van der Waals surface area (Å²) < 4.78 is 7.16. The molecule has 2 aromatic heterocycles. The number of piperidine rings is 1. The molecule has 7 heteroatoms. The Morgan fingerprint density at radius 2 is 2.17 bits per heavy atom. The van der Waals surface area contributed by atoms with Gasteiger partial charge in [0.25, 0.3) is 0 Å². The molecular weight excluding hydrogens is 294 g/mol. The summed E-state index contributed by atoms with van der Waals surface area (Å²) in [6, 6.07) is 1.87. The maximum absolute atomic E-state index is 10.3.